The monoisotopic (exact) mass is 256 g/mol. The molecule has 4 fully saturated rings. The van der Waals surface area contributed by atoms with Crippen molar-refractivity contribution in [1.29, 1.82) is 0 Å². The summed E-state index contributed by atoms with van der Waals surface area (Å²) in [5.41, 5.74) is 2.18. The van der Waals surface area contributed by atoms with E-state index in [1.807, 2.05) is 12.3 Å². The van der Waals surface area contributed by atoms with Crippen LogP contribution in [0.4, 0.5) is 0 Å². The second-order valence-corrected chi connectivity index (χ2v) is 7.27. The Bertz CT molecular complexity index is 453. The molecule has 0 aliphatic heterocycles. The van der Waals surface area contributed by atoms with Crippen molar-refractivity contribution in [2.45, 2.75) is 56.4 Å². The molecule has 102 valence electrons. The normalized spacial score (nSPS) is 43.6. The van der Waals surface area contributed by atoms with Gasteiger partial charge in [0.15, 0.2) is 0 Å². The minimum Gasteiger partial charge on any atom is -0.311 e. The van der Waals surface area contributed by atoms with Gasteiger partial charge in [0.25, 0.3) is 0 Å². The first kappa shape index (κ1) is 11.9. The van der Waals surface area contributed by atoms with Crippen LogP contribution in [0.2, 0.25) is 0 Å². The molecular weight excluding hydrogens is 232 g/mol. The van der Waals surface area contributed by atoms with Crippen molar-refractivity contribution in [1.82, 2.24) is 10.3 Å². The number of nitrogens with zero attached hydrogens (tertiary/aromatic N) is 1. The van der Waals surface area contributed by atoms with Gasteiger partial charge in [0.1, 0.15) is 0 Å². The minimum atomic E-state index is 0.382. The molecule has 2 atom stereocenters. The molecule has 0 amide bonds. The zero-order valence-electron chi connectivity index (χ0n) is 11.9. The van der Waals surface area contributed by atoms with Crippen LogP contribution < -0.4 is 5.32 Å². The standard InChI is InChI=1S/C17H24N2/c1-2-19-17-10-13-7-14(11-17)9-16(8-13,12-17)15-5-3-4-6-18-15/h3-6,13-14,19H,2,7-12H2,1H3. The molecule has 0 spiro atoms. The summed E-state index contributed by atoms with van der Waals surface area (Å²) in [6, 6.07) is 6.48. The molecule has 2 unspecified atom stereocenters. The van der Waals surface area contributed by atoms with Crippen LogP contribution in [0.5, 0.6) is 0 Å². The fourth-order valence-corrected chi connectivity index (χ4v) is 5.82. The Morgan fingerprint density at radius 1 is 1.21 bits per heavy atom. The lowest BCUT2D eigenvalue weighted by atomic mass is 9.46. The molecule has 4 saturated carbocycles. The van der Waals surface area contributed by atoms with Gasteiger partial charge < -0.3 is 5.32 Å². The van der Waals surface area contributed by atoms with Crippen molar-refractivity contribution in [3.05, 3.63) is 30.1 Å². The van der Waals surface area contributed by atoms with Gasteiger partial charge in [0.05, 0.1) is 0 Å². The molecule has 1 aromatic rings. The highest BCUT2D eigenvalue weighted by atomic mass is 15.0. The highest BCUT2D eigenvalue weighted by Gasteiger charge is 2.58. The van der Waals surface area contributed by atoms with Crippen LogP contribution in [0.25, 0.3) is 0 Å². The third-order valence-corrected chi connectivity index (χ3v) is 5.82. The fourth-order valence-electron chi connectivity index (χ4n) is 5.82. The number of aromatic nitrogens is 1. The zero-order chi connectivity index (χ0) is 12.9. The third-order valence-electron chi connectivity index (χ3n) is 5.82. The van der Waals surface area contributed by atoms with Crippen LogP contribution in [-0.4, -0.2) is 17.1 Å². The van der Waals surface area contributed by atoms with E-state index in [-0.39, 0.29) is 0 Å². The molecule has 0 aromatic carbocycles. The van der Waals surface area contributed by atoms with Crippen molar-refractivity contribution >= 4 is 0 Å². The second kappa shape index (κ2) is 4.05. The largest absolute Gasteiger partial charge is 0.311 e. The van der Waals surface area contributed by atoms with Crippen molar-refractivity contribution in [3.63, 3.8) is 0 Å². The van der Waals surface area contributed by atoms with E-state index in [4.69, 9.17) is 4.98 Å². The summed E-state index contributed by atoms with van der Waals surface area (Å²) in [6.07, 6.45) is 10.4. The zero-order valence-corrected chi connectivity index (χ0v) is 11.9. The third kappa shape index (κ3) is 1.76. The highest BCUT2D eigenvalue weighted by Crippen LogP contribution is 2.61. The van der Waals surface area contributed by atoms with Gasteiger partial charge in [0.2, 0.25) is 0 Å². The molecule has 4 aliphatic carbocycles. The first-order valence-corrected chi connectivity index (χ1v) is 7.90. The molecule has 1 heterocycles. The van der Waals surface area contributed by atoms with Gasteiger partial charge in [-0.05, 0) is 69.0 Å². The van der Waals surface area contributed by atoms with E-state index < -0.39 is 0 Å². The Balaban J connectivity index is 1.74. The smallest absolute Gasteiger partial charge is 0.0466 e. The molecule has 5 rings (SSSR count). The summed E-state index contributed by atoms with van der Waals surface area (Å²) in [5, 5.41) is 3.86. The molecule has 4 aliphatic rings. The van der Waals surface area contributed by atoms with E-state index in [1.165, 1.54) is 44.2 Å². The average Bonchev–Trinajstić information content (AvgIpc) is 2.38. The van der Waals surface area contributed by atoms with Gasteiger partial charge in [-0.1, -0.05) is 13.0 Å². The summed E-state index contributed by atoms with van der Waals surface area (Å²) in [4.78, 5) is 4.73. The van der Waals surface area contributed by atoms with E-state index in [0.717, 1.165) is 18.4 Å². The highest BCUT2D eigenvalue weighted by molar-refractivity contribution is 5.26. The average molecular weight is 256 g/mol. The van der Waals surface area contributed by atoms with Gasteiger partial charge in [0, 0.05) is 22.8 Å². The van der Waals surface area contributed by atoms with Gasteiger partial charge >= 0.3 is 0 Å². The number of nitrogens with one attached hydrogen (secondary N) is 1. The van der Waals surface area contributed by atoms with E-state index in [9.17, 15) is 0 Å². The maximum atomic E-state index is 4.73. The Morgan fingerprint density at radius 3 is 2.63 bits per heavy atom. The summed E-state index contributed by atoms with van der Waals surface area (Å²) in [7, 11) is 0. The van der Waals surface area contributed by atoms with Gasteiger partial charge in [-0.25, -0.2) is 0 Å². The van der Waals surface area contributed by atoms with Crippen LogP contribution in [0, 0.1) is 11.8 Å². The molecule has 2 heteroatoms. The lowest BCUT2D eigenvalue weighted by Crippen LogP contribution is -2.63. The molecule has 1 aromatic heterocycles. The summed E-state index contributed by atoms with van der Waals surface area (Å²) in [6.45, 7) is 3.36. The topological polar surface area (TPSA) is 24.9 Å². The van der Waals surface area contributed by atoms with Crippen LogP contribution >= 0.6 is 0 Å². The second-order valence-electron chi connectivity index (χ2n) is 7.27. The van der Waals surface area contributed by atoms with Crippen molar-refractivity contribution < 1.29 is 0 Å². The summed E-state index contributed by atoms with van der Waals surface area (Å²) in [5.74, 6) is 1.87. The lowest BCUT2D eigenvalue weighted by Gasteiger charge is -2.62. The van der Waals surface area contributed by atoms with E-state index in [1.54, 1.807) is 0 Å². The number of pyridine rings is 1. The van der Waals surface area contributed by atoms with E-state index in [0.29, 0.717) is 11.0 Å². The van der Waals surface area contributed by atoms with E-state index in [2.05, 4.69) is 24.4 Å². The maximum absolute atomic E-state index is 4.73. The molecule has 2 nitrogen and oxygen atoms in total. The Labute approximate surface area is 116 Å². The Hall–Kier alpha value is -0.890. The molecule has 0 radical (unpaired) electrons. The molecule has 0 saturated heterocycles. The van der Waals surface area contributed by atoms with Crippen LogP contribution in [0.1, 0.15) is 51.1 Å². The molecule has 19 heavy (non-hydrogen) atoms. The van der Waals surface area contributed by atoms with Gasteiger partial charge in [-0.3, -0.25) is 4.98 Å². The predicted molar refractivity (Wildman–Crippen MR) is 77.0 cm³/mol. The van der Waals surface area contributed by atoms with Crippen LogP contribution in [0.3, 0.4) is 0 Å². The SMILES string of the molecule is CCNC12CC3CC(C1)CC(c1ccccn1)(C3)C2. The molecule has 4 bridgehead atoms. The fraction of sp³-hybridized carbons (Fsp3) is 0.706. The van der Waals surface area contributed by atoms with Crippen LogP contribution in [-0.2, 0) is 5.41 Å². The van der Waals surface area contributed by atoms with Gasteiger partial charge in [-0.15, -0.1) is 0 Å². The van der Waals surface area contributed by atoms with E-state index >= 15 is 0 Å². The minimum absolute atomic E-state index is 0.382. The Kier molecular flexibility index (Phi) is 2.54. The molecule has 1 N–H and O–H groups in total. The number of hydrogen-bond acceptors (Lipinski definition) is 2. The van der Waals surface area contributed by atoms with Crippen molar-refractivity contribution in [3.8, 4) is 0 Å². The lowest BCUT2D eigenvalue weighted by molar-refractivity contribution is -0.0415. The molecular formula is C17H24N2. The van der Waals surface area contributed by atoms with Crippen molar-refractivity contribution in [2.24, 2.45) is 11.8 Å². The first-order chi connectivity index (χ1) is 9.24. The quantitative estimate of drug-likeness (QED) is 0.897. The number of hydrogen-bond donors (Lipinski definition) is 1. The maximum Gasteiger partial charge on any atom is 0.0466 e. The predicted octanol–water partition coefficient (Wildman–Crippen LogP) is 3.28. The van der Waals surface area contributed by atoms with Gasteiger partial charge in [-0.2, -0.15) is 0 Å². The van der Waals surface area contributed by atoms with Crippen LogP contribution in [0.15, 0.2) is 24.4 Å². The Morgan fingerprint density at radius 2 is 2.00 bits per heavy atom. The number of rotatable bonds is 3. The van der Waals surface area contributed by atoms with Crippen molar-refractivity contribution in [2.75, 3.05) is 6.54 Å². The summed E-state index contributed by atoms with van der Waals surface area (Å²) >= 11 is 0. The summed E-state index contributed by atoms with van der Waals surface area (Å²) < 4.78 is 0. The first-order valence-electron chi connectivity index (χ1n) is 7.90.